The topological polar surface area (TPSA) is 400 Å². The van der Waals surface area contributed by atoms with Crippen LogP contribution in [-0.4, -0.2) is 209 Å². The van der Waals surface area contributed by atoms with Crippen molar-refractivity contribution in [3.63, 3.8) is 0 Å². The highest BCUT2D eigenvalue weighted by Crippen LogP contribution is 2.34. The fourth-order valence-electron chi connectivity index (χ4n) is 9.68. The van der Waals surface area contributed by atoms with Crippen molar-refractivity contribution in [1.29, 1.82) is 0 Å². The van der Waals surface area contributed by atoms with E-state index in [4.69, 9.17) is 57.4 Å². The number of aliphatic hydroxyl groups is 5. The Morgan fingerprint density at radius 2 is 0.843 bits per heavy atom. The molecular weight excluding hydrogens is 1550 g/mol. The van der Waals surface area contributed by atoms with Crippen molar-refractivity contribution in [2.24, 2.45) is 0 Å². The van der Waals surface area contributed by atoms with Gasteiger partial charge in [-0.2, -0.15) is 121 Å². The molecule has 4 fully saturated rings. The number of para-hydroxylation sites is 2. The van der Waals surface area contributed by atoms with Crippen LogP contribution in [0.4, 0.5) is 11.4 Å². The van der Waals surface area contributed by atoms with Gasteiger partial charge >= 0.3 is 0 Å². The maximum absolute atomic E-state index is 13.2. The van der Waals surface area contributed by atoms with Crippen LogP contribution in [0, 0.1) is 27.2 Å². The van der Waals surface area contributed by atoms with E-state index in [1.54, 1.807) is 65.8 Å². The Labute approximate surface area is 658 Å². The normalized spacial score (nSPS) is 21.4. The van der Waals surface area contributed by atoms with Crippen molar-refractivity contribution in [2.45, 2.75) is 188 Å². The molecule has 4 heterocycles. The van der Waals surface area contributed by atoms with Gasteiger partial charge in [-0.25, -0.2) is 21.6 Å². The van der Waals surface area contributed by atoms with Crippen molar-refractivity contribution in [1.82, 2.24) is 14.3 Å². The first-order valence-corrected chi connectivity index (χ1v) is 34.8. The Hall–Kier alpha value is -2.35. The van der Waals surface area contributed by atoms with Crippen LogP contribution in [0.25, 0.3) is 0 Å². The van der Waals surface area contributed by atoms with Gasteiger partial charge in [0, 0.05) is 38.3 Å². The van der Waals surface area contributed by atoms with Gasteiger partial charge < -0.3 is 68.7 Å². The van der Waals surface area contributed by atoms with Crippen molar-refractivity contribution < 1.29 is 103 Å². The van der Waals surface area contributed by atoms with Gasteiger partial charge in [0.15, 0.2) is 32.9 Å². The minimum atomic E-state index is -4.17. The van der Waals surface area contributed by atoms with Crippen molar-refractivity contribution in [3.05, 3.63) is 137 Å². The molecule has 0 saturated carbocycles. The number of sulfonamides is 2. The number of nitrogens with zero attached hydrogens (tertiary/aromatic N) is 3. The number of allylic oxidation sites excluding steroid dienone is 3. The summed E-state index contributed by atoms with van der Waals surface area (Å²) in [6.07, 6.45) is 5.99. The molecule has 4 aliphatic heterocycles. The van der Waals surface area contributed by atoms with Gasteiger partial charge in [0.05, 0.1) is 54.4 Å². The highest BCUT2D eigenvalue weighted by molar-refractivity contribution is 7.89. The summed E-state index contributed by atoms with van der Waals surface area (Å²) in [4.78, 5) is 20.0. The van der Waals surface area contributed by atoms with Crippen LogP contribution in [-0.2, 0) is 72.2 Å². The summed E-state index contributed by atoms with van der Waals surface area (Å²) in [7, 11) is -11.9. The maximum atomic E-state index is 13.2. The molecule has 0 spiro atoms. The lowest BCUT2D eigenvalue weighted by molar-refractivity contribution is -0.388. The molecule has 0 aromatic heterocycles. The highest BCUT2D eigenvalue weighted by Gasteiger charge is 2.46. The van der Waals surface area contributed by atoms with E-state index in [1.807, 2.05) is 26.8 Å². The quantitative estimate of drug-likeness (QED) is 0.0118. The second-order valence-corrected chi connectivity index (χ2v) is 28.8. The van der Waals surface area contributed by atoms with E-state index in [0.717, 1.165) is 41.4 Å². The fraction of sp³-hybridized carbons (Fsp3) is 0.613. The van der Waals surface area contributed by atoms with E-state index >= 15 is 0 Å². The predicted octanol–water partition coefficient (Wildman–Crippen LogP) is 6.56. The molecule has 7 rings (SSSR count). The summed E-state index contributed by atoms with van der Waals surface area (Å²) in [5.41, 5.74) is 0.0520. The number of hydrogen-bond donors (Lipinski definition) is 7. The monoisotopic (exact) mass is 1660 g/mol. The SMILES string of the molecule is C=CCCCN(C[C@@H]1OC(C)(C)O[C@H]1CO)S(=O)(=O)c1ccccc1[N+](=O)[O-].C=CCCCNC[C@@H]1OC(C)(C)O[C@H]1CO.C=CCCCNS(=O)(=O)c1ccccc1[N+](=O)[O-].CC1(C)O[C@@H](CO)[C@H](CO)O1.Cc1ccc(S(=O)(=O)OC[C@@H]2OC(C)(C)O[C@H]2CO)cc1.S.S.S.S.S.S.S.S. The molecule has 3 aromatic rings. The third kappa shape index (κ3) is 37.2. The third-order valence-electron chi connectivity index (χ3n) is 14.0. The second kappa shape index (κ2) is 52.7. The van der Waals surface area contributed by atoms with Crippen molar-refractivity contribution in [2.75, 3.05) is 72.4 Å². The van der Waals surface area contributed by atoms with Gasteiger partial charge in [0.1, 0.15) is 48.8 Å². The lowest BCUT2D eigenvalue weighted by atomic mass is 10.2. The third-order valence-corrected chi connectivity index (χ3v) is 18.7. The summed E-state index contributed by atoms with van der Waals surface area (Å²) < 4.78 is 127. The molecule has 4 aliphatic rings. The molecule has 0 radical (unpaired) electrons. The number of nitro benzene ring substituents is 2. The molecule has 0 bridgehead atoms. The van der Waals surface area contributed by atoms with E-state index < -0.39 is 111 Å². The Morgan fingerprint density at radius 3 is 1.26 bits per heavy atom. The maximum Gasteiger partial charge on any atom is 0.297 e. The minimum Gasteiger partial charge on any atom is -0.394 e. The minimum absolute atomic E-state index is 0. The number of hydrogen-bond acceptors (Lipinski definition) is 25. The van der Waals surface area contributed by atoms with Gasteiger partial charge in [-0.05, 0) is 132 Å². The molecule has 596 valence electrons. The average Bonchev–Trinajstić information content (AvgIpc) is 1.01. The largest absolute Gasteiger partial charge is 0.394 e. The molecule has 102 heavy (non-hydrogen) atoms. The zero-order valence-electron chi connectivity index (χ0n) is 59.0. The number of aryl methyl sites for hydroxylation is 1. The molecular formula is C62H113N5O24S11. The van der Waals surface area contributed by atoms with Crippen LogP contribution in [0.15, 0.2) is 125 Å². The zero-order valence-corrected chi connectivity index (χ0v) is 69.4. The average molecular weight is 1670 g/mol. The summed E-state index contributed by atoms with van der Waals surface area (Å²) >= 11 is 0. The number of rotatable bonds is 31. The first-order chi connectivity index (χ1) is 44.0. The second-order valence-electron chi connectivity index (χ2n) is 23.5. The van der Waals surface area contributed by atoms with Gasteiger partial charge in [-0.15, -0.1) is 19.7 Å². The van der Waals surface area contributed by atoms with Crippen LogP contribution in [0.2, 0.25) is 0 Å². The van der Waals surface area contributed by atoms with Crippen molar-refractivity contribution in [3.8, 4) is 0 Å². The van der Waals surface area contributed by atoms with Gasteiger partial charge in [0.25, 0.3) is 21.5 Å². The summed E-state index contributed by atoms with van der Waals surface area (Å²) in [6.45, 7) is 27.6. The molecule has 0 amide bonds. The Kier molecular flexibility index (Phi) is 57.1. The van der Waals surface area contributed by atoms with E-state index in [1.165, 1.54) is 48.5 Å². The van der Waals surface area contributed by atoms with Gasteiger partial charge in [-0.3, -0.25) is 24.4 Å². The van der Waals surface area contributed by atoms with Crippen LogP contribution < -0.4 is 10.0 Å². The highest BCUT2D eigenvalue weighted by atomic mass is 32.2. The first-order valence-electron chi connectivity index (χ1n) is 30.4. The first kappa shape index (κ1) is 111. The molecule has 8 atom stereocenters. The standard InChI is InChI=1S/C18H26N2O7S.C14H20O6S.C12H23NO3.C11H14N2O4S.C7H14O4.8H2S/c1-4-5-8-11-19(12-15-16(13-21)27-18(2,3)26-15)28(24,25)17-10-7-6-9-14(17)20(22)23;1-10-4-6-11(7-5-10)21(16,17)18-9-13-12(8-15)19-14(2,3)20-13;1-4-5-6-7-13-8-10-11(9-14)16-12(2,3)15-10;1-2-3-6-9-12-18(16,17)11-8-5-4-7-10(11)13(14)15;1-7(2)10-5(3-8)6(4-9)11-7;;;;;;;;/h4,6-7,9-10,15-16,21H,1,5,8,11-13H2,2-3H3;4-7,12-13,15H,8-9H2,1-3H3;4,10-11,13-14H,1,5-9H2,2-3H3;2,4-5,7-8,12H,1,3,6,9H2;5-6,8-9H,3-4H2,1-2H3;8*1H2/t15-,16-;12-,13-;10-,11-;;5-,6-;;;;;;;;/m000.0......../s1. The number of ether oxygens (including phenoxy) is 8. The summed E-state index contributed by atoms with van der Waals surface area (Å²) in [5, 5.41) is 70.9. The molecule has 40 heteroatoms. The number of nitrogens with one attached hydrogen (secondary N) is 2. The number of unbranched alkanes of at least 4 members (excludes halogenated alkanes) is 3. The molecule has 3 aromatic carbocycles. The Morgan fingerprint density at radius 1 is 0.500 bits per heavy atom. The molecule has 4 saturated heterocycles. The van der Waals surface area contributed by atoms with E-state index in [2.05, 4.69) is 29.8 Å². The summed E-state index contributed by atoms with van der Waals surface area (Å²) in [5.74, 6) is -3.09. The van der Waals surface area contributed by atoms with Crippen molar-refractivity contribution >= 4 is 150 Å². The molecule has 7 N–H and O–H groups in total. The van der Waals surface area contributed by atoms with Gasteiger partial charge in [-0.1, -0.05) is 60.2 Å². The Balaban J connectivity index is -0.000000284. The molecule has 0 aliphatic carbocycles. The van der Waals surface area contributed by atoms with E-state index in [9.17, 15) is 55.7 Å². The lowest BCUT2D eigenvalue weighted by Gasteiger charge is -2.26. The van der Waals surface area contributed by atoms with Crippen LogP contribution >= 0.6 is 108 Å². The van der Waals surface area contributed by atoms with Crippen LogP contribution in [0.5, 0.6) is 0 Å². The lowest BCUT2D eigenvalue weighted by Crippen LogP contribution is -2.43. The van der Waals surface area contributed by atoms with Crippen LogP contribution in [0.1, 0.15) is 99.5 Å². The molecule has 0 unspecified atom stereocenters. The van der Waals surface area contributed by atoms with E-state index in [0.29, 0.717) is 32.2 Å². The van der Waals surface area contributed by atoms with Crippen LogP contribution in [0.3, 0.4) is 0 Å². The fourth-order valence-corrected chi connectivity index (χ4v) is 13.5. The smallest absolute Gasteiger partial charge is 0.297 e. The number of nitro groups is 2. The zero-order chi connectivity index (χ0) is 70.7. The summed E-state index contributed by atoms with van der Waals surface area (Å²) in [6, 6.07) is 16.9. The number of benzene rings is 3. The number of aliphatic hydroxyl groups excluding tert-OH is 5. The molecule has 29 nitrogen and oxygen atoms in total. The van der Waals surface area contributed by atoms with Gasteiger partial charge in [0.2, 0.25) is 20.0 Å². The predicted molar refractivity (Wildman–Crippen MR) is 429 cm³/mol. The van der Waals surface area contributed by atoms with E-state index in [-0.39, 0.29) is 194 Å². The Bertz CT molecular complexity index is 3210.